The van der Waals surface area contributed by atoms with Gasteiger partial charge in [-0.3, -0.25) is 0 Å². The van der Waals surface area contributed by atoms with Gasteiger partial charge in [-0.25, -0.2) is 9.07 Å². The summed E-state index contributed by atoms with van der Waals surface area (Å²) in [4.78, 5) is 0. The Labute approximate surface area is 104 Å². The zero-order chi connectivity index (χ0) is 13.0. The van der Waals surface area contributed by atoms with Crippen LogP contribution in [0.4, 0.5) is 4.39 Å². The molecule has 2 rings (SSSR count). The number of hydrogen-bond acceptors (Lipinski definition) is 3. The van der Waals surface area contributed by atoms with Crippen LogP contribution >= 0.6 is 0 Å². The summed E-state index contributed by atoms with van der Waals surface area (Å²) in [5.41, 5.74) is 1.91. The third kappa shape index (κ3) is 2.43. The Morgan fingerprint density at radius 2 is 2.11 bits per heavy atom. The van der Waals surface area contributed by atoms with Gasteiger partial charge in [-0.2, -0.15) is 5.26 Å². The second-order valence-electron chi connectivity index (χ2n) is 3.77. The highest BCUT2D eigenvalue weighted by Gasteiger charge is 2.12. The first kappa shape index (κ1) is 12.0. The van der Waals surface area contributed by atoms with E-state index in [0.29, 0.717) is 24.4 Å². The maximum Gasteiger partial charge on any atom is 0.186 e. The van der Waals surface area contributed by atoms with E-state index in [1.54, 1.807) is 22.9 Å². The Balaban J connectivity index is 2.32. The second kappa shape index (κ2) is 5.23. The molecule has 0 bridgehead atoms. The van der Waals surface area contributed by atoms with Crippen molar-refractivity contribution in [1.82, 2.24) is 15.0 Å². The smallest absolute Gasteiger partial charge is 0.186 e. The van der Waals surface area contributed by atoms with Crippen molar-refractivity contribution < 1.29 is 4.39 Å². The van der Waals surface area contributed by atoms with Gasteiger partial charge >= 0.3 is 0 Å². The van der Waals surface area contributed by atoms with Gasteiger partial charge < -0.3 is 0 Å². The molecule has 0 saturated carbocycles. The minimum Gasteiger partial charge on any atom is -0.244 e. The molecule has 0 unspecified atom stereocenters. The van der Waals surface area contributed by atoms with Gasteiger partial charge in [0, 0.05) is 6.42 Å². The molecular formula is C13H11FN4. The summed E-state index contributed by atoms with van der Waals surface area (Å²) >= 11 is 0. The molecule has 0 spiro atoms. The molecule has 18 heavy (non-hydrogen) atoms. The molecule has 0 saturated heterocycles. The van der Waals surface area contributed by atoms with E-state index in [1.807, 2.05) is 6.07 Å². The van der Waals surface area contributed by atoms with Crippen molar-refractivity contribution in [2.45, 2.75) is 13.0 Å². The molecule has 0 aliphatic heterocycles. The topological polar surface area (TPSA) is 54.5 Å². The summed E-state index contributed by atoms with van der Waals surface area (Å²) in [7, 11) is 0. The minimum atomic E-state index is -0.281. The number of benzene rings is 1. The van der Waals surface area contributed by atoms with Crippen molar-refractivity contribution in [3.8, 4) is 6.07 Å². The molecule has 0 N–H and O–H groups in total. The number of nitriles is 1. The molecule has 0 fully saturated rings. The third-order valence-corrected chi connectivity index (χ3v) is 2.53. The average molecular weight is 242 g/mol. The Morgan fingerprint density at radius 3 is 2.72 bits per heavy atom. The summed E-state index contributed by atoms with van der Waals surface area (Å²) < 4.78 is 14.4. The van der Waals surface area contributed by atoms with Gasteiger partial charge in [0.05, 0.1) is 12.2 Å². The van der Waals surface area contributed by atoms with Crippen LogP contribution in [0.15, 0.2) is 36.9 Å². The SMILES string of the molecule is C=CCn1nnc(C#N)c1Cc1ccc(F)cc1. The maximum atomic E-state index is 12.8. The van der Waals surface area contributed by atoms with Gasteiger partial charge in [-0.15, -0.1) is 11.7 Å². The average Bonchev–Trinajstić information content (AvgIpc) is 2.75. The first-order valence-electron chi connectivity index (χ1n) is 5.42. The lowest BCUT2D eigenvalue weighted by atomic mass is 10.1. The third-order valence-electron chi connectivity index (χ3n) is 2.53. The number of nitrogens with zero attached hydrogens (tertiary/aromatic N) is 4. The van der Waals surface area contributed by atoms with Gasteiger partial charge in [0.2, 0.25) is 0 Å². The van der Waals surface area contributed by atoms with Crippen LogP contribution in [0.25, 0.3) is 0 Å². The fourth-order valence-corrected chi connectivity index (χ4v) is 1.66. The lowest BCUT2D eigenvalue weighted by molar-refractivity contribution is 0.625. The highest BCUT2D eigenvalue weighted by Crippen LogP contribution is 2.12. The number of aromatic nitrogens is 3. The van der Waals surface area contributed by atoms with Gasteiger partial charge in [-0.05, 0) is 17.7 Å². The van der Waals surface area contributed by atoms with E-state index in [-0.39, 0.29) is 5.82 Å². The quantitative estimate of drug-likeness (QED) is 0.771. The number of allylic oxidation sites excluding steroid dienone is 1. The molecule has 4 nitrogen and oxygen atoms in total. The summed E-state index contributed by atoms with van der Waals surface area (Å²) in [6, 6.07) is 8.15. The summed E-state index contributed by atoms with van der Waals surface area (Å²) in [6.45, 7) is 4.12. The molecule has 1 heterocycles. The van der Waals surface area contributed by atoms with Crippen molar-refractivity contribution in [2.24, 2.45) is 0 Å². The highest BCUT2D eigenvalue weighted by molar-refractivity contribution is 5.30. The molecule has 2 aromatic rings. The maximum absolute atomic E-state index is 12.8. The Morgan fingerprint density at radius 1 is 1.39 bits per heavy atom. The Kier molecular flexibility index (Phi) is 3.49. The van der Waals surface area contributed by atoms with Crippen LogP contribution in [0.2, 0.25) is 0 Å². The molecule has 0 aliphatic rings. The fourth-order valence-electron chi connectivity index (χ4n) is 1.66. The van der Waals surface area contributed by atoms with Crippen molar-refractivity contribution in [3.05, 3.63) is 59.7 Å². The molecule has 5 heteroatoms. The van der Waals surface area contributed by atoms with Gasteiger partial charge in [0.15, 0.2) is 5.69 Å². The molecule has 0 radical (unpaired) electrons. The van der Waals surface area contributed by atoms with Gasteiger partial charge in [-0.1, -0.05) is 23.4 Å². The molecule has 0 aliphatic carbocycles. The molecule has 0 amide bonds. The van der Waals surface area contributed by atoms with E-state index in [0.717, 1.165) is 5.56 Å². The summed E-state index contributed by atoms with van der Waals surface area (Å²) in [5, 5.41) is 16.7. The van der Waals surface area contributed by atoms with E-state index >= 15 is 0 Å². The first-order valence-corrected chi connectivity index (χ1v) is 5.42. The largest absolute Gasteiger partial charge is 0.244 e. The van der Waals surface area contributed by atoms with Crippen molar-refractivity contribution in [2.75, 3.05) is 0 Å². The van der Waals surface area contributed by atoms with Crippen LogP contribution in [-0.2, 0) is 13.0 Å². The Hall–Kier alpha value is -2.48. The van der Waals surface area contributed by atoms with E-state index < -0.39 is 0 Å². The van der Waals surface area contributed by atoms with E-state index in [1.165, 1.54) is 12.1 Å². The molecule has 1 aromatic carbocycles. The number of halogens is 1. The van der Waals surface area contributed by atoms with Crippen LogP contribution in [0.3, 0.4) is 0 Å². The summed E-state index contributed by atoms with van der Waals surface area (Å²) in [5.74, 6) is -0.281. The second-order valence-corrected chi connectivity index (χ2v) is 3.77. The first-order chi connectivity index (χ1) is 8.74. The van der Waals surface area contributed by atoms with Gasteiger partial charge in [0.1, 0.15) is 11.9 Å². The zero-order valence-electron chi connectivity index (χ0n) is 9.67. The lowest BCUT2D eigenvalue weighted by Gasteiger charge is -2.04. The van der Waals surface area contributed by atoms with Gasteiger partial charge in [0.25, 0.3) is 0 Å². The van der Waals surface area contributed by atoms with Crippen molar-refractivity contribution in [1.29, 1.82) is 5.26 Å². The lowest BCUT2D eigenvalue weighted by Crippen LogP contribution is -2.05. The van der Waals surface area contributed by atoms with Crippen molar-refractivity contribution >= 4 is 0 Å². The van der Waals surface area contributed by atoms with E-state index in [9.17, 15) is 4.39 Å². The molecule has 0 atom stereocenters. The van der Waals surface area contributed by atoms with E-state index in [2.05, 4.69) is 16.9 Å². The predicted molar refractivity (Wildman–Crippen MR) is 64.1 cm³/mol. The molecular weight excluding hydrogens is 231 g/mol. The predicted octanol–water partition coefficient (Wildman–Crippen LogP) is 2.07. The molecule has 90 valence electrons. The monoisotopic (exact) mass is 242 g/mol. The van der Waals surface area contributed by atoms with Crippen LogP contribution in [-0.4, -0.2) is 15.0 Å². The normalized spacial score (nSPS) is 10.0. The Bertz CT molecular complexity index is 592. The minimum absolute atomic E-state index is 0.281. The number of rotatable bonds is 4. The van der Waals surface area contributed by atoms with Crippen LogP contribution in [0.1, 0.15) is 17.0 Å². The molecule has 1 aromatic heterocycles. The number of hydrogen-bond donors (Lipinski definition) is 0. The van der Waals surface area contributed by atoms with Crippen LogP contribution in [0.5, 0.6) is 0 Å². The van der Waals surface area contributed by atoms with Crippen LogP contribution in [0, 0.1) is 17.1 Å². The van der Waals surface area contributed by atoms with Crippen molar-refractivity contribution in [3.63, 3.8) is 0 Å². The fraction of sp³-hybridized carbons (Fsp3) is 0.154. The standard InChI is InChI=1S/C13H11FN4/c1-2-7-18-13(12(9-15)16-17-18)8-10-3-5-11(14)6-4-10/h2-6H,1,7-8H2. The zero-order valence-corrected chi connectivity index (χ0v) is 9.67. The van der Waals surface area contributed by atoms with E-state index in [4.69, 9.17) is 5.26 Å². The summed E-state index contributed by atoms with van der Waals surface area (Å²) in [6.07, 6.45) is 2.17. The van der Waals surface area contributed by atoms with Crippen LogP contribution < -0.4 is 0 Å². The highest BCUT2D eigenvalue weighted by atomic mass is 19.1.